The summed E-state index contributed by atoms with van der Waals surface area (Å²) < 4.78 is 13.0. The zero-order valence-electron chi connectivity index (χ0n) is 9.21. The summed E-state index contributed by atoms with van der Waals surface area (Å²) in [5.74, 6) is -0.372. The number of hydrogen-bond acceptors (Lipinski definition) is 1. The van der Waals surface area contributed by atoms with Crippen molar-refractivity contribution in [3.8, 4) is 11.1 Å². The van der Waals surface area contributed by atoms with Crippen LogP contribution in [-0.2, 0) is 0 Å². The number of rotatable bonds is 2. The molecule has 0 heterocycles. The first-order valence-corrected chi connectivity index (χ1v) is 5.51. The SMILES string of the molecule is Cc1ccc(C=O)cc1-c1ccc(F)cc1Cl. The van der Waals surface area contributed by atoms with Gasteiger partial charge in [-0.25, -0.2) is 4.39 Å². The Morgan fingerprint density at radius 1 is 1.12 bits per heavy atom. The Hall–Kier alpha value is -1.67. The van der Waals surface area contributed by atoms with Gasteiger partial charge in [-0.1, -0.05) is 23.7 Å². The molecular formula is C14H10ClFO. The second-order valence-corrected chi connectivity index (χ2v) is 4.22. The van der Waals surface area contributed by atoms with Crippen LogP contribution >= 0.6 is 11.6 Å². The summed E-state index contributed by atoms with van der Waals surface area (Å²) in [6.45, 7) is 1.92. The quantitative estimate of drug-likeness (QED) is 0.726. The van der Waals surface area contributed by atoms with E-state index in [1.807, 2.05) is 13.0 Å². The van der Waals surface area contributed by atoms with Crippen LogP contribution < -0.4 is 0 Å². The lowest BCUT2D eigenvalue weighted by Gasteiger charge is -2.09. The summed E-state index contributed by atoms with van der Waals surface area (Å²) in [5.41, 5.74) is 3.14. The van der Waals surface area contributed by atoms with Crippen molar-refractivity contribution in [2.45, 2.75) is 6.92 Å². The van der Waals surface area contributed by atoms with Gasteiger partial charge in [-0.15, -0.1) is 0 Å². The molecule has 2 aromatic carbocycles. The molecule has 0 amide bonds. The van der Waals surface area contributed by atoms with Crippen molar-refractivity contribution in [2.75, 3.05) is 0 Å². The monoisotopic (exact) mass is 248 g/mol. The average Bonchev–Trinajstić information content (AvgIpc) is 2.30. The predicted octanol–water partition coefficient (Wildman–Crippen LogP) is 4.27. The first kappa shape index (κ1) is 11.8. The largest absolute Gasteiger partial charge is 0.298 e. The Balaban J connectivity index is 2.63. The molecule has 0 radical (unpaired) electrons. The summed E-state index contributed by atoms with van der Waals surface area (Å²) in [6.07, 6.45) is 0.778. The number of carbonyl (C=O) groups excluding carboxylic acids is 1. The Kier molecular flexibility index (Phi) is 3.25. The number of carbonyl (C=O) groups is 1. The van der Waals surface area contributed by atoms with Crippen LogP contribution in [0.1, 0.15) is 15.9 Å². The molecular weight excluding hydrogens is 239 g/mol. The number of aryl methyl sites for hydroxylation is 1. The van der Waals surface area contributed by atoms with Gasteiger partial charge in [0, 0.05) is 11.1 Å². The highest BCUT2D eigenvalue weighted by Gasteiger charge is 2.08. The van der Waals surface area contributed by atoms with Crippen LogP contribution in [-0.4, -0.2) is 6.29 Å². The van der Waals surface area contributed by atoms with Crippen molar-refractivity contribution in [3.05, 3.63) is 58.4 Å². The van der Waals surface area contributed by atoms with E-state index in [1.165, 1.54) is 12.1 Å². The van der Waals surface area contributed by atoms with Crippen LogP contribution in [0.5, 0.6) is 0 Å². The number of halogens is 2. The van der Waals surface area contributed by atoms with Gasteiger partial charge in [-0.2, -0.15) is 0 Å². The van der Waals surface area contributed by atoms with E-state index in [-0.39, 0.29) is 5.82 Å². The standard InChI is InChI=1S/C14H10ClFO/c1-9-2-3-10(8-17)6-13(9)12-5-4-11(16)7-14(12)15/h2-8H,1H3. The van der Waals surface area contributed by atoms with Crippen LogP contribution in [0.4, 0.5) is 4.39 Å². The van der Waals surface area contributed by atoms with Crippen LogP contribution in [0.3, 0.4) is 0 Å². The highest BCUT2D eigenvalue weighted by Crippen LogP contribution is 2.31. The fourth-order valence-corrected chi connectivity index (χ4v) is 1.98. The van der Waals surface area contributed by atoms with Crippen molar-refractivity contribution in [1.29, 1.82) is 0 Å². The van der Waals surface area contributed by atoms with Crippen molar-refractivity contribution in [1.82, 2.24) is 0 Å². The molecule has 0 N–H and O–H groups in total. The second kappa shape index (κ2) is 4.68. The van der Waals surface area contributed by atoms with Gasteiger partial charge in [0.25, 0.3) is 0 Å². The van der Waals surface area contributed by atoms with Gasteiger partial charge in [0.15, 0.2) is 0 Å². The molecule has 0 saturated heterocycles. The van der Waals surface area contributed by atoms with E-state index in [4.69, 9.17) is 11.6 Å². The van der Waals surface area contributed by atoms with Crippen LogP contribution in [0.15, 0.2) is 36.4 Å². The van der Waals surface area contributed by atoms with E-state index >= 15 is 0 Å². The third kappa shape index (κ3) is 2.37. The lowest BCUT2D eigenvalue weighted by molar-refractivity contribution is 0.112. The molecule has 2 rings (SSSR count). The van der Waals surface area contributed by atoms with Gasteiger partial charge in [0.1, 0.15) is 12.1 Å². The van der Waals surface area contributed by atoms with Crippen molar-refractivity contribution in [2.24, 2.45) is 0 Å². The van der Waals surface area contributed by atoms with Crippen LogP contribution in [0.2, 0.25) is 5.02 Å². The Bertz CT molecular complexity index is 578. The second-order valence-electron chi connectivity index (χ2n) is 3.82. The maximum absolute atomic E-state index is 13.0. The lowest BCUT2D eigenvalue weighted by atomic mass is 9.98. The summed E-state index contributed by atoms with van der Waals surface area (Å²) in [4.78, 5) is 10.7. The Morgan fingerprint density at radius 2 is 1.88 bits per heavy atom. The Morgan fingerprint density at radius 3 is 2.53 bits per heavy atom. The van der Waals surface area contributed by atoms with E-state index < -0.39 is 0 Å². The molecule has 17 heavy (non-hydrogen) atoms. The van der Waals surface area contributed by atoms with Crippen molar-refractivity contribution < 1.29 is 9.18 Å². The van der Waals surface area contributed by atoms with E-state index in [2.05, 4.69) is 0 Å². The fourth-order valence-electron chi connectivity index (χ4n) is 1.71. The zero-order valence-corrected chi connectivity index (χ0v) is 9.96. The molecule has 0 saturated carbocycles. The first-order valence-electron chi connectivity index (χ1n) is 5.13. The topological polar surface area (TPSA) is 17.1 Å². The Labute approximate surface area is 104 Å². The summed E-state index contributed by atoms with van der Waals surface area (Å²) >= 11 is 6.00. The minimum absolute atomic E-state index is 0.344. The van der Waals surface area contributed by atoms with Crippen LogP contribution in [0.25, 0.3) is 11.1 Å². The zero-order chi connectivity index (χ0) is 12.4. The summed E-state index contributed by atoms with van der Waals surface area (Å²) in [6, 6.07) is 9.58. The molecule has 86 valence electrons. The molecule has 0 aliphatic carbocycles. The van der Waals surface area contributed by atoms with E-state index in [9.17, 15) is 9.18 Å². The molecule has 0 atom stereocenters. The number of hydrogen-bond donors (Lipinski definition) is 0. The van der Waals surface area contributed by atoms with Crippen LogP contribution in [0, 0.1) is 12.7 Å². The minimum Gasteiger partial charge on any atom is -0.298 e. The van der Waals surface area contributed by atoms with Gasteiger partial charge in [-0.3, -0.25) is 4.79 Å². The molecule has 0 fully saturated rings. The van der Waals surface area contributed by atoms with Crippen molar-refractivity contribution >= 4 is 17.9 Å². The van der Waals surface area contributed by atoms with Gasteiger partial charge in [0.2, 0.25) is 0 Å². The van der Waals surface area contributed by atoms with Gasteiger partial charge < -0.3 is 0 Å². The molecule has 0 aliphatic rings. The van der Waals surface area contributed by atoms with E-state index in [0.717, 1.165) is 23.0 Å². The maximum Gasteiger partial charge on any atom is 0.150 e. The normalized spacial score (nSPS) is 10.3. The van der Waals surface area contributed by atoms with Gasteiger partial charge in [-0.05, 0) is 42.3 Å². The molecule has 0 aromatic heterocycles. The van der Waals surface area contributed by atoms with Gasteiger partial charge in [0.05, 0.1) is 5.02 Å². The third-order valence-corrected chi connectivity index (χ3v) is 2.93. The maximum atomic E-state index is 13.0. The average molecular weight is 249 g/mol. The molecule has 2 aromatic rings. The third-order valence-electron chi connectivity index (χ3n) is 2.62. The molecule has 0 bridgehead atoms. The number of aldehydes is 1. The molecule has 0 aliphatic heterocycles. The van der Waals surface area contributed by atoms with Crippen molar-refractivity contribution in [3.63, 3.8) is 0 Å². The summed E-state index contributed by atoms with van der Waals surface area (Å²) in [5, 5.41) is 0.344. The number of benzene rings is 2. The fraction of sp³-hybridized carbons (Fsp3) is 0.0714. The highest BCUT2D eigenvalue weighted by molar-refractivity contribution is 6.33. The molecule has 3 heteroatoms. The predicted molar refractivity (Wildman–Crippen MR) is 67.0 cm³/mol. The van der Waals surface area contributed by atoms with E-state index in [1.54, 1.807) is 18.2 Å². The minimum atomic E-state index is -0.372. The van der Waals surface area contributed by atoms with E-state index in [0.29, 0.717) is 10.6 Å². The molecule has 0 unspecified atom stereocenters. The lowest BCUT2D eigenvalue weighted by Crippen LogP contribution is -1.88. The molecule has 1 nitrogen and oxygen atoms in total. The first-order chi connectivity index (χ1) is 8.11. The smallest absolute Gasteiger partial charge is 0.150 e. The van der Waals surface area contributed by atoms with Gasteiger partial charge >= 0.3 is 0 Å². The summed E-state index contributed by atoms with van der Waals surface area (Å²) in [7, 11) is 0. The highest BCUT2D eigenvalue weighted by atomic mass is 35.5. The molecule has 0 spiro atoms.